The van der Waals surface area contributed by atoms with E-state index in [0.717, 1.165) is 19.5 Å². The van der Waals surface area contributed by atoms with Gasteiger partial charge in [0.25, 0.3) is 5.91 Å². The Hall–Kier alpha value is -1.42. The van der Waals surface area contributed by atoms with Crippen LogP contribution in [0.4, 0.5) is 4.39 Å². The van der Waals surface area contributed by atoms with Gasteiger partial charge in [-0.15, -0.1) is 0 Å². The summed E-state index contributed by atoms with van der Waals surface area (Å²) in [5.74, 6) is -0.626. The monoisotopic (exact) mass is 264 g/mol. The first-order chi connectivity index (χ1) is 9.13. The first kappa shape index (κ1) is 14.0. The molecule has 0 spiro atoms. The van der Waals surface area contributed by atoms with Crippen LogP contribution in [0.5, 0.6) is 0 Å². The molecule has 1 fully saturated rings. The highest BCUT2D eigenvalue weighted by atomic mass is 19.1. The summed E-state index contributed by atoms with van der Waals surface area (Å²) in [6.45, 7) is 7.47. The Kier molecular flexibility index (Phi) is 4.53. The second-order valence-corrected chi connectivity index (χ2v) is 5.07. The van der Waals surface area contributed by atoms with Crippen LogP contribution in [0, 0.1) is 5.82 Å². The zero-order valence-electron chi connectivity index (χ0n) is 11.6. The van der Waals surface area contributed by atoms with Gasteiger partial charge < -0.3 is 4.90 Å². The number of hydrogen-bond donors (Lipinski definition) is 0. The van der Waals surface area contributed by atoms with Gasteiger partial charge in [-0.1, -0.05) is 19.1 Å². The van der Waals surface area contributed by atoms with E-state index in [-0.39, 0.29) is 11.5 Å². The van der Waals surface area contributed by atoms with Gasteiger partial charge >= 0.3 is 0 Å². The summed E-state index contributed by atoms with van der Waals surface area (Å²) < 4.78 is 13.6. The maximum atomic E-state index is 13.6. The van der Waals surface area contributed by atoms with Gasteiger partial charge in [0.2, 0.25) is 0 Å². The molecule has 1 aromatic carbocycles. The minimum absolute atomic E-state index is 0.180. The molecule has 0 aliphatic carbocycles. The molecule has 19 heavy (non-hydrogen) atoms. The molecule has 104 valence electrons. The lowest BCUT2D eigenvalue weighted by atomic mass is 10.1. The molecule has 1 aliphatic rings. The molecule has 0 bridgehead atoms. The van der Waals surface area contributed by atoms with Crippen molar-refractivity contribution < 1.29 is 9.18 Å². The van der Waals surface area contributed by atoms with Crippen molar-refractivity contribution in [2.45, 2.75) is 26.3 Å². The number of halogens is 1. The number of benzene rings is 1. The first-order valence-electron chi connectivity index (χ1n) is 6.91. The van der Waals surface area contributed by atoms with Crippen LogP contribution in [0.1, 0.15) is 30.6 Å². The minimum atomic E-state index is -0.433. The molecule has 1 amide bonds. The molecule has 1 saturated heterocycles. The SMILES string of the molecule is CC[C@@H](C)N1CCN(C(=O)c2ccccc2F)CC1. The Labute approximate surface area is 114 Å². The Morgan fingerprint density at radius 3 is 2.47 bits per heavy atom. The van der Waals surface area contributed by atoms with E-state index in [9.17, 15) is 9.18 Å². The lowest BCUT2D eigenvalue weighted by Crippen LogP contribution is -2.51. The van der Waals surface area contributed by atoms with Crippen LogP contribution in [0.2, 0.25) is 0 Å². The second kappa shape index (κ2) is 6.15. The van der Waals surface area contributed by atoms with Gasteiger partial charge in [0.1, 0.15) is 5.82 Å². The molecule has 1 aliphatic heterocycles. The zero-order valence-corrected chi connectivity index (χ0v) is 11.6. The minimum Gasteiger partial charge on any atom is -0.336 e. The van der Waals surface area contributed by atoms with Crippen molar-refractivity contribution in [3.05, 3.63) is 35.6 Å². The number of amides is 1. The zero-order chi connectivity index (χ0) is 13.8. The molecular formula is C15H21FN2O. The summed E-state index contributed by atoms with van der Waals surface area (Å²) in [4.78, 5) is 16.4. The lowest BCUT2D eigenvalue weighted by Gasteiger charge is -2.37. The molecule has 0 N–H and O–H groups in total. The van der Waals surface area contributed by atoms with E-state index in [2.05, 4.69) is 18.7 Å². The summed E-state index contributed by atoms with van der Waals surface area (Å²) in [5.41, 5.74) is 0.180. The predicted molar refractivity (Wildman–Crippen MR) is 73.6 cm³/mol. The van der Waals surface area contributed by atoms with Gasteiger partial charge in [-0.2, -0.15) is 0 Å². The van der Waals surface area contributed by atoms with Crippen LogP contribution in [-0.2, 0) is 0 Å². The van der Waals surface area contributed by atoms with Crippen LogP contribution in [0.3, 0.4) is 0 Å². The topological polar surface area (TPSA) is 23.6 Å². The molecule has 0 unspecified atom stereocenters. The van der Waals surface area contributed by atoms with Crippen LogP contribution < -0.4 is 0 Å². The third kappa shape index (κ3) is 3.13. The van der Waals surface area contributed by atoms with E-state index in [4.69, 9.17) is 0 Å². The van der Waals surface area contributed by atoms with E-state index in [1.807, 2.05) is 0 Å². The Bertz CT molecular complexity index is 442. The van der Waals surface area contributed by atoms with E-state index >= 15 is 0 Å². The first-order valence-corrected chi connectivity index (χ1v) is 6.91. The average Bonchev–Trinajstić information content (AvgIpc) is 2.46. The maximum Gasteiger partial charge on any atom is 0.256 e. The van der Waals surface area contributed by atoms with Gasteiger partial charge in [0.15, 0.2) is 0 Å². The molecule has 1 heterocycles. The molecular weight excluding hydrogens is 243 g/mol. The number of carbonyl (C=O) groups is 1. The van der Waals surface area contributed by atoms with Gasteiger partial charge in [-0.3, -0.25) is 9.69 Å². The highest BCUT2D eigenvalue weighted by Crippen LogP contribution is 2.14. The van der Waals surface area contributed by atoms with Gasteiger partial charge in [0.05, 0.1) is 5.56 Å². The summed E-state index contributed by atoms with van der Waals surface area (Å²) >= 11 is 0. The molecule has 0 aromatic heterocycles. The van der Waals surface area contributed by atoms with Crippen molar-refractivity contribution in [1.29, 1.82) is 0 Å². The normalized spacial score (nSPS) is 18.4. The van der Waals surface area contributed by atoms with Crippen molar-refractivity contribution in [1.82, 2.24) is 9.80 Å². The van der Waals surface area contributed by atoms with E-state index in [0.29, 0.717) is 19.1 Å². The van der Waals surface area contributed by atoms with Crippen molar-refractivity contribution in [2.75, 3.05) is 26.2 Å². The smallest absolute Gasteiger partial charge is 0.256 e. The third-order valence-corrected chi connectivity index (χ3v) is 3.92. The van der Waals surface area contributed by atoms with Crippen LogP contribution in [0.15, 0.2) is 24.3 Å². The number of piperazine rings is 1. The molecule has 4 heteroatoms. The Balaban J connectivity index is 1.98. The molecule has 3 nitrogen and oxygen atoms in total. The standard InChI is InChI=1S/C15H21FN2O/c1-3-12(2)17-8-10-18(11-9-17)15(19)13-6-4-5-7-14(13)16/h4-7,12H,3,8-11H2,1-2H3/t12-/m1/s1. The molecule has 0 radical (unpaired) electrons. The van der Waals surface area contributed by atoms with Crippen molar-refractivity contribution in [3.8, 4) is 0 Å². The lowest BCUT2D eigenvalue weighted by molar-refractivity contribution is 0.0575. The Morgan fingerprint density at radius 1 is 1.26 bits per heavy atom. The van der Waals surface area contributed by atoms with Crippen LogP contribution in [0.25, 0.3) is 0 Å². The Morgan fingerprint density at radius 2 is 1.89 bits per heavy atom. The summed E-state index contributed by atoms with van der Waals surface area (Å²) in [6.07, 6.45) is 1.11. The number of rotatable bonds is 3. The van der Waals surface area contributed by atoms with E-state index in [1.54, 1.807) is 23.1 Å². The van der Waals surface area contributed by atoms with E-state index < -0.39 is 5.82 Å². The van der Waals surface area contributed by atoms with Crippen LogP contribution in [-0.4, -0.2) is 47.9 Å². The summed E-state index contributed by atoms with van der Waals surface area (Å²) in [6, 6.07) is 6.74. The van der Waals surface area contributed by atoms with Crippen molar-refractivity contribution in [2.24, 2.45) is 0 Å². The van der Waals surface area contributed by atoms with Crippen molar-refractivity contribution in [3.63, 3.8) is 0 Å². The largest absolute Gasteiger partial charge is 0.336 e. The highest BCUT2D eigenvalue weighted by Gasteiger charge is 2.25. The molecule has 2 rings (SSSR count). The van der Waals surface area contributed by atoms with Gasteiger partial charge in [-0.05, 0) is 25.5 Å². The maximum absolute atomic E-state index is 13.6. The number of carbonyl (C=O) groups excluding carboxylic acids is 1. The fraction of sp³-hybridized carbons (Fsp3) is 0.533. The van der Waals surface area contributed by atoms with E-state index in [1.165, 1.54) is 6.07 Å². The quantitative estimate of drug-likeness (QED) is 0.837. The molecule has 1 aromatic rings. The second-order valence-electron chi connectivity index (χ2n) is 5.07. The molecule has 1 atom stereocenters. The molecule has 0 saturated carbocycles. The van der Waals surface area contributed by atoms with Gasteiger partial charge in [0, 0.05) is 32.2 Å². The van der Waals surface area contributed by atoms with Crippen molar-refractivity contribution >= 4 is 5.91 Å². The highest BCUT2D eigenvalue weighted by molar-refractivity contribution is 5.94. The van der Waals surface area contributed by atoms with Gasteiger partial charge in [-0.25, -0.2) is 4.39 Å². The predicted octanol–water partition coefficient (Wildman–Crippen LogP) is 2.38. The third-order valence-electron chi connectivity index (χ3n) is 3.92. The average molecular weight is 264 g/mol. The van der Waals surface area contributed by atoms with Crippen LogP contribution >= 0.6 is 0 Å². The number of hydrogen-bond acceptors (Lipinski definition) is 2. The number of nitrogens with zero attached hydrogens (tertiary/aromatic N) is 2. The summed E-state index contributed by atoms with van der Waals surface area (Å²) in [7, 11) is 0. The fourth-order valence-electron chi connectivity index (χ4n) is 2.43. The summed E-state index contributed by atoms with van der Waals surface area (Å²) in [5, 5.41) is 0. The fourth-order valence-corrected chi connectivity index (χ4v) is 2.43.